The van der Waals surface area contributed by atoms with Crippen molar-refractivity contribution in [2.24, 2.45) is 0 Å². The summed E-state index contributed by atoms with van der Waals surface area (Å²) in [6.45, 7) is 9.05. The maximum absolute atomic E-state index is 12.0. The first-order valence-corrected chi connectivity index (χ1v) is 7.46. The van der Waals surface area contributed by atoms with Crippen LogP contribution in [0.5, 0.6) is 0 Å². The van der Waals surface area contributed by atoms with Crippen molar-refractivity contribution in [3.63, 3.8) is 0 Å². The van der Waals surface area contributed by atoms with Gasteiger partial charge >= 0.3 is 0 Å². The van der Waals surface area contributed by atoms with Gasteiger partial charge in [0.2, 0.25) is 5.91 Å². The van der Waals surface area contributed by atoms with Gasteiger partial charge in [-0.3, -0.25) is 9.69 Å². The van der Waals surface area contributed by atoms with Gasteiger partial charge in [0.05, 0.1) is 6.54 Å². The van der Waals surface area contributed by atoms with E-state index in [1.807, 2.05) is 4.90 Å². The monoisotopic (exact) mass is 253 g/mol. The molecular formula is C14H27N3O. The fourth-order valence-electron chi connectivity index (χ4n) is 2.83. The maximum atomic E-state index is 12.0. The second-order valence-electron chi connectivity index (χ2n) is 5.63. The Hall–Kier alpha value is -0.610. The Balaban J connectivity index is 1.63. The fourth-order valence-corrected chi connectivity index (χ4v) is 2.83. The minimum Gasteiger partial charge on any atom is -0.339 e. The third-order valence-electron chi connectivity index (χ3n) is 4.13. The van der Waals surface area contributed by atoms with E-state index in [0.717, 1.165) is 13.1 Å². The largest absolute Gasteiger partial charge is 0.339 e. The summed E-state index contributed by atoms with van der Waals surface area (Å²) in [4.78, 5) is 16.5. The van der Waals surface area contributed by atoms with E-state index in [4.69, 9.17) is 0 Å². The average molecular weight is 253 g/mol. The number of carbonyl (C=O) groups is 1. The van der Waals surface area contributed by atoms with Crippen LogP contribution in [0.15, 0.2) is 0 Å². The van der Waals surface area contributed by atoms with Crippen LogP contribution in [0.25, 0.3) is 0 Å². The molecular weight excluding hydrogens is 226 g/mol. The van der Waals surface area contributed by atoms with E-state index >= 15 is 0 Å². The molecule has 1 atom stereocenters. The molecule has 4 heteroatoms. The molecule has 1 saturated carbocycles. The van der Waals surface area contributed by atoms with Crippen molar-refractivity contribution >= 4 is 5.91 Å². The average Bonchev–Trinajstić information content (AvgIpc) is 3.04. The summed E-state index contributed by atoms with van der Waals surface area (Å²) in [5.41, 5.74) is 0. The van der Waals surface area contributed by atoms with Crippen LogP contribution in [0.2, 0.25) is 0 Å². The van der Waals surface area contributed by atoms with E-state index in [9.17, 15) is 4.79 Å². The molecule has 1 aliphatic heterocycles. The van der Waals surface area contributed by atoms with Gasteiger partial charge in [-0.05, 0) is 52.6 Å². The molecule has 1 N–H and O–H groups in total. The standard InChI is InChI=1S/C14H27N3O/c1-3-17(13-6-7-13)14(18)11-15-10-12(2)16-8-4-5-9-16/h12-13,15H,3-11H2,1-2H3. The molecule has 18 heavy (non-hydrogen) atoms. The molecule has 0 aromatic heterocycles. The van der Waals surface area contributed by atoms with E-state index in [1.54, 1.807) is 0 Å². The number of rotatable bonds is 7. The third-order valence-corrected chi connectivity index (χ3v) is 4.13. The lowest BCUT2D eigenvalue weighted by Gasteiger charge is -2.25. The zero-order chi connectivity index (χ0) is 13.0. The molecule has 1 amide bonds. The molecule has 104 valence electrons. The van der Waals surface area contributed by atoms with Gasteiger partial charge in [0.1, 0.15) is 0 Å². The number of carbonyl (C=O) groups excluding carboxylic acids is 1. The zero-order valence-corrected chi connectivity index (χ0v) is 11.8. The number of nitrogens with zero attached hydrogens (tertiary/aromatic N) is 2. The highest BCUT2D eigenvalue weighted by Gasteiger charge is 2.30. The minimum atomic E-state index is 0.272. The first-order valence-electron chi connectivity index (χ1n) is 7.46. The molecule has 2 rings (SSSR count). The molecule has 0 bridgehead atoms. The third kappa shape index (κ3) is 3.69. The number of hydrogen-bond acceptors (Lipinski definition) is 3. The van der Waals surface area contributed by atoms with Gasteiger partial charge in [0, 0.05) is 25.2 Å². The van der Waals surface area contributed by atoms with Crippen molar-refractivity contribution in [1.29, 1.82) is 0 Å². The predicted molar refractivity (Wildman–Crippen MR) is 73.5 cm³/mol. The molecule has 4 nitrogen and oxygen atoms in total. The van der Waals surface area contributed by atoms with Crippen molar-refractivity contribution in [2.75, 3.05) is 32.7 Å². The van der Waals surface area contributed by atoms with Crippen LogP contribution in [-0.4, -0.2) is 60.5 Å². The highest BCUT2D eigenvalue weighted by molar-refractivity contribution is 5.78. The second kappa shape index (κ2) is 6.53. The maximum Gasteiger partial charge on any atom is 0.236 e. The normalized spacial score (nSPS) is 22.1. The first-order chi connectivity index (χ1) is 8.72. The zero-order valence-electron chi connectivity index (χ0n) is 11.8. The van der Waals surface area contributed by atoms with Crippen LogP contribution in [0.3, 0.4) is 0 Å². The summed E-state index contributed by atoms with van der Waals surface area (Å²) < 4.78 is 0. The molecule has 0 spiro atoms. The predicted octanol–water partition coefficient (Wildman–Crippen LogP) is 1.07. The van der Waals surface area contributed by atoms with Gasteiger partial charge in [-0.2, -0.15) is 0 Å². The fraction of sp³-hybridized carbons (Fsp3) is 0.929. The van der Waals surface area contributed by atoms with Crippen molar-refractivity contribution in [2.45, 2.75) is 51.6 Å². The quantitative estimate of drug-likeness (QED) is 0.737. The Morgan fingerprint density at radius 1 is 1.39 bits per heavy atom. The van der Waals surface area contributed by atoms with Crippen LogP contribution in [0, 0.1) is 0 Å². The smallest absolute Gasteiger partial charge is 0.236 e. The lowest BCUT2D eigenvalue weighted by molar-refractivity contribution is -0.130. The molecule has 1 saturated heterocycles. The summed E-state index contributed by atoms with van der Waals surface area (Å²) in [6.07, 6.45) is 5.05. The van der Waals surface area contributed by atoms with Gasteiger partial charge < -0.3 is 10.2 Å². The molecule has 1 heterocycles. The highest BCUT2D eigenvalue weighted by atomic mass is 16.2. The summed E-state index contributed by atoms with van der Waals surface area (Å²) in [6, 6.07) is 1.09. The van der Waals surface area contributed by atoms with E-state index in [-0.39, 0.29) is 5.91 Å². The van der Waals surface area contributed by atoms with Crippen LogP contribution >= 0.6 is 0 Å². The van der Waals surface area contributed by atoms with Gasteiger partial charge in [0.15, 0.2) is 0 Å². The van der Waals surface area contributed by atoms with Crippen LogP contribution < -0.4 is 5.32 Å². The Morgan fingerprint density at radius 2 is 2.06 bits per heavy atom. The minimum absolute atomic E-state index is 0.272. The SMILES string of the molecule is CCN(C(=O)CNCC(C)N1CCCC1)C1CC1. The van der Waals surface area contributed by atoms with Crippen molar-refractivity contribution in [1.82, 2.24) is 15.1 Å². The number of nitrogens with one attached hydrogen (secondary N) is 1. The van der Waals surface area contributed by atoms with Crippen LogP contribution in [0.4, 0.5) is 0 Å². The number of likely N-dealkylation sites (tertiary alicyclic amines) is 1. The second-order valence-corrected chi connectivity index (χ2v) is 5.63. The Kier molecular flexibility index (Phi) is 5.01. The van der Waals surface area contributed by atoms with E-state index < -0.39 is 0 Å². The Labute approximate surface area is 111 Å². The summed E-state index contributed by atoms with van der Waals surface area (Å²) >= 11 is 0. The van der Waals surface area contributed by atoms with E-state index in [2.05, 4.69) is 24.1 Å². The van der Waals surface area contributed by atoms with Gasteiger partial charge in [0.25, 0.3) is 0 Å². The molecule has 2 aliphatic rings. The molecule has 0 aromatic rings. The molecule has 0 radical (unpaired) electrons. The van der Waals surface area contributed by atoms with Crippen molar-refractivity contribution < 1.29 is 4.79 Å². The van der Waals surface area contributed by atoms with Gasteiger partial charge in [-0.1, -0.05) is 0 Å². The Bertz CT molecular complexity index is 272. The summed E-state index contributed by atoms with van der Waals surface area (Å²) in [5.74, 6) is 0.272. The van der Waals surface area contributed by atoms with Crippen LogP contribution in [0.1, 0.15) is 39.5 Å². The lowest BCUT2D eigenvalue weighted by Crippen LogP contribution is -2.44. The highest BCUT2D eigenvalue weighted by Crippen LogP contribution is 2.26. The van der Waals surface area contributed by atoms with Crippen LogP contribution in [-0.2, 0) is 4.79 Å². The molecule has 1 unspecified atom stereocenters. The lowest BCUT2D eigenvalue weighted by atomic mass is 10.3. The first kappa shape index (κ1) is 13.8. The Morgan fingerprint density at radius 3 is 2.61 bits per heavy atom. The summed E-state index contributed by atoms with van der Waals surface area (Å²) in [7, 11) is 0. The van der Waals surface area contributed by atoms with Gasteiger partial charge in [-0.15, -0.1) is 0 Å². The van der Waals surface area contributed by atoms with E-state index in [1.165, 1.54) is 38.8 Å². The number of hydrogen-bond donors (Lipinski definition) is 1. The van der Waals surface area contributed by atoms with E-state index in [0.29, 0.717) is 18.6 Å². The topological polar surface area (TPSA) is 35.6 Å². The van der Waals surface area contributed by atoms with Crippen molar-refractivity contribution in [3.05, 3.63) is 0 Å². The molecule has 0 aromatic carbocycles. The van der Waals surface area contributed by atoms with Crippen molar-refractivity contribution in [3.8, 4) is 0 Å². The summed E-state index contributed by atoms with van der Waals surface area (Å²) in [5, 5.41) is 3.33. The number of likely N-dealkylation sites (N-methyl/N-ethyl adjacent to an activating group) is 1. The number of amides is 1. The molecule has 2 fully saturated rings. The molecule has 1 aliphatic carbocycles. The van der Waals surface area contributed by atoms with Gasteiger partial charge in [-0.25, -0.2) is 0 Å².